The number of carbonyl (C=O) groups is 1. The van der Waals surface area contributed by atoms with Crippen LogP contribution in [0.25, 0.3) is 11.4 Å². The number of aryl methyl sites for hydroxylation is 1. The van der Waals surface area contributed by atoms with E-state index in [-0.39, 0.29) is 11.9 Å². The quantitative estimate of drug-likeness (QED) is 0.389. The summed E-state index contributed by atoms with van der Waals surface area (Å²) in [6.45, 7) is 3.49. The molecular weight excluding hydrogens is 406 g/mol. The predicted octanol–water partition coefficient (Wildman–Crippen LogP) is 4.48. The second-order valence-corrected chi connectivity index (χ2v) is 9.13. The van der Waals surface area contributed by atoms with Crippen LogP contribution < -0.4 is 4.74 Å². The second-order valence-electron chi connectivity index (χ2n) is 6.90. The molecule has 3 aromatic rings. The molecule has 8 heteroatoms. The topological polar surface area (TPSA) is 66.2 Å². The van der Waals surface area contributed by atoms with Crippen LogP contribution in [0, 0.1) is 6.92 Å². The monoisotopic (exact) mass is 429 g/mol. The average molecular weight is 430 g/mol. The number of benzene rings is 1. The number of aromatic nitrogens is 3. The zero-order chi connectivity index (χ0) is 20.2. The number of rotatable bonds is 8. The van der Waals surface area contributed by atoms with Crippen LogP contribution in [-0.2, 0) is 11.3 Å². The van der Waals surface area contributed by atoms with Crippen molar-refractivity contribution in [1.29, 1.82) is 0 Å². The fourth-order valence-corrected chi connectivity index (χ4v) is 5.02. The van der Waals surface area contributed by atoms with Gasteiger partial charge in [-0.3, -0.25) is 9.36 Å². The lowest BCUT2D eigenvalue weighted by atomic mass is 10.2. The van der Waals surface area contributed by atoms with E-state index in [9.17, 15) is 4.79 Å². The number of nitrogens with zero attached hydrogens (tertiary/aromatic N) is 3. The van der Waals surface area contributed by atoms with Crippen LogP contribution in [0.15, 0.2) is 41.6 Å². The molecule has 0 aliphatic carbocycles. The molecule has 0 bridgehead atoms. The molecule has 0 amide bonds. The van der Waals surface area contributed by atoms with E-state index in [0.717, 1.165) is 51.5 Å². The lowest BCUT2D eigenvalue weighted by Crippen LogP contribution is -2.17. The molecule has 0 saturated carbocycles. The van der Waals surface area contributed by atoms with E-state index >= 15 is 0 Å². The molecule has 1 aliphatic rings. The maximum atomic E-state index is 12.5. The van der Waals surface area contributed by atoms with Crippen LogP contribution in [0.4, 0.5) is 0 Å². The molecule has 1 atom stereocenters. The normalized spacial score (nSPS) is 16.3. The van der Waals surface area contributed by atoms with Gasteiger partial charge < -0.3 is 9.47 Å². The van der Waals surface area contributed by atoms with E-state index in [2.05, 4.69) is 14.8 Å². The smallest absolute Gasteiger partial charge is 0.192 e. The number of hydrogen-bond donors (Lipinski definition) is 0. The van der Waals surface area contributed by atoms with Gasteiger partial charge in [-0.15, -0.1) is 21.5 Å². The minimum Gasteiger partial charge on any atom is -0.497 e. The molecule has 0 N–H and O–H groups in total. The van der Waals surface area contributed by atoms with Crippen LogP contribution in [0.2, 0.25) is 0 Å². The molecule has 4 rings (SSSR count). The Hall–Kier alpha value is -2.16. The lowest BCUT2D eigenvalue weighted by molar-refractivity contribution is 0.0953. The summed E-state index contributed by atoms with van der Waals surface area (Å²) in [6.07, 6.45) is 2.25. The van der Waals surface area contributed by atoms with Crippen LogP contribution >= 0.6 is 23.1 Å². The SMILES string of the molecule is COc1ccc(-c2nnc(SCC(=O)c3ccc(C)s3)n2CC2CCCO2)cc1. The van der Waals surface area contributed by atoms with Crippen molar-refractivity contribution in [3.05, 3.63) is 46.2 Å². The van der Waals surface area contributed by atoms with Gasteiger partial charge >= 0.3 is 0 Å². The van der Waals surface area contributed by atoms with Gasteiger partial charge in [0, 0.05) is 17.0 Å². The van der Waals surface area contributed by atoms with Crippen LogP contribution in [0.5, 0.6) is 5.75 Å². The van der Waals surface area contributed by atoms with Crippen molar-refractivity contribution < 1.29 is 14.3 Å². The summed E-state index contributed by atoms with van der Waals surface area (Å²) in [7, 11) is 1.65. The third-order valence-corrected chi connectivity index (χ3v) is 6.83. The van der Waals surface area contributed by atoms with Crippen molar-refractivity contribution in [3.63, 3.8) is 0 Å². The number of hydrogen-bond acceptors (Lipinski definition) is 7. The summed E-state index contributed by atoms with van der Waals surface area (Å²) < 4.78 is 13.2. The van der Waals surface area contributed by atoms with Crippen molar-refractivity contribution in [1.82, 2.24) is 14.8 Å². The first kappa shape index (κ1) is 20.1. The third kappa shape index (κ3) is 4.71. The van der Waals surface area contributed by atoms with E-state index in [1.807, 2.05) is 43.3 Å². The third-order valence-electron chi connectivity index (χ3n) is 4.82. The molecule has 1 unspecified atom stereocenters. The highest BCUT2D eigenvalue weighted by atomic mass is 32.2. The number of thiophene rings is 1. The molecule has 29 heavy (non-hydrogen) atoms. The summed E-state index contributed by atoms with van der Waals surface area (Å²) in [5, 5.41) is 9.56. The van der Waals surface area contributed by atoms with Gasteiger partial charge in [0.15, 0.2) is 16.8 Å². The van der Waals surface area contributed by atoms with Gasteiger partial charge in [0.1, 0.15) is 5.75 Å². The van der Waals surface area contributed by atoms with Gasteiger partial charge in [-0.25, -0.2) is 0 Å². The Morgan fingerprint density at radius 3 is 2.76 bits per heavy atom. The summed E-state index contributed by atoms with van der Waals surface area (Å²) in [5.74, 6) is 2.04. The first-order chi connectivity index (χ1) is 14.1. The standard InChI is InChI=1S/C21H23N3O3S2/c1-14-5-10-19(29-14)18(25)13-28-21-23-22-20(15-6-8-16(26-2)9-7-15)24(21)12-17-4-3-11-27-17/h5-10,17H,3-4,11-13H2,1-2H3. The van der Waals surface area contributed by atoms with Crippen molar-refractivity contribution >= 4 is 28.9 Å². The highest BCUT2D eigenvalue weighted by Crippen LogP contribution is 2.28. The Labute approximate surface area is 178 Å². The summed E-state index contributed by atoms with van der Waals surface area (Å²) in [4.78, 5) is 14.5. The molecule has 1 aliphatic heterocycles. The highest BCUT2D eigenvalue weighted by Gasteiger charge is 2.22. The molecule has 152 valence electrons. The Morgan fingerprint density at radius 1 is 1.28 bits per heavy atom. The average Bonchev–Trinajstić information content (AvgIpc) is 3.49. The number of Topliss-reactive ketones (excluding diaryl/α,β-unsaturated/α-hetero) is 1. The molecule has 3 heterocycles. The highest BCUT2D eigenvalue weighted by molar-refractivity contribution is 7.99. The van der Waals surface area contributed by atoms with E-state index in [1.54, 1.807) is 7.11 Å². The van der Waals surface area contributed by atoms with Gasteiger partial charge in [0.25, 0.3) is 0 Å². The van der Waals surface area contributed by atoms with Crippen LogP contribution in [-0.4, -0.2) is 46.1 Å². The fourth-order valence-electron chi connectivity index (χ4n) is 3.29. The van der Waals surface area contributed by atoms with E-state index in [1.165, 1.54) is 23.1 Å². The second kappa shape index (κ2) is 9.11. The van der Waals surface area contributed by atoms with Crippen molar-refractivity contribution in [3.8, 4) is 17.1 Å². The van der Waals surface area contributed by atoms with Crippen LogP contribution in [0.3, 0.4) is 0 Å². The zero-order valence-electron chi connectivity index (χ0n) is 16.5. The number of ether oxygens (including phenoxy) is 2. The largest absolute Gasteiger partial charge is 0.497 e. The van der Waals surface area contributed by atoms with Gasteiger partial charge in [-0.1, -0.05) is 11.8 Å². The molecule has 0 radical (unpaired) electrons. The van der Waals surface area contributed by atoms with Crippen molar-refractivity contribution in [2.45, 2.75) is 37.6 Å². The number of methoxy groups -OCH3 is 1. The molecule has 1 fully saturated rings. The minimum absolute atomic E-state index is 0.116. The molecule has 0 spiro atoms. The van der Waals surface area contributed by atoms with E-state index in [0.29, 0.717) is 12.3 Å². The van der Waals surface area contributed by atoms with Gasteiger partial charge in [0.05, 0.1) is 30.4 Å². The van der Waals surface area contributed by atoms with Crippen LogP contribution in [0.1, 0.15) is 27.4 Å². The van der Waals surface area contributed by atoms with E-state index in [4.69, 9.17) is 9.47 Å². The summed E-state index contributed by atoms with van der Waals surface area (Å²) in [6, 6.07) is 11.6. The van der Waals surface area contributed by atoms with Gasteiger partial charge in [-0.05, 0) is 56.2 Å². The molecule has 6 nitrogen and oxygen atoms in total. The lowest BCUT2D eigenvalue weighted by Gasteiger charge is -2.14. The van der Waals surface area contributed by atoms with Crippen molar-refractivity contribution in [2.24, 2.45) is 0 Å². The zero-order valence-corrected chi connectivity index (χ0v) is 18.1. The maximum Gasteiger partial charge on any atom is 0.192 e. The molecule has 1 saturated heterocycles. The maximum absolute atomic E-state index is 12.5. The number of thioether (sulfide) groups is 1. The predicted molar refractivity (Wildman–Crippen MR) is 115 cm³/mol. The Balaban J connectivity index is 1.56. The molecule has 1 aromatic carbocycles. The number of carbonyl (C=O) groups excluding carboxylic acids is 1. The Kier molecular flexibility index (Phi) is 6.32. The van der Waals surface area contributed by atoms with Gasteiger partial charge in [-0.2, -0.15) is 0 Å². The number of ketones is 1. The van der Waals surface area contributed by atoms with E-state index < -0.39 is 0 Å². The first-order valence-corrected chi connectivity index (χ1v) is 11.4. The first-order valence-electron chi connectivity index (χ1n) is 9.55. The Bertz CT molecular complexity index is 975. The minimum atomic E-state index is 0.116. The Morgan fingerprint density at radius 2 is 2.10 bits per heavy atom. The van der Waals surface area contributed by atoms with Crippen molar-refractivity contribution in [2.75, 3.05) is 19.5 Å². The molecular formula is C21H23N3O3S2. The molecule has 2 aromatic heterocycles. The van der Waals surface area contributed by atoms with Gasteiger partial charge in [0.2, 0.25) is 0 Å². The fraction of sp³-hybridized carbons (Fsp3) is 0.381. The summed E-state index contributed by atoms with van der Waals surface area (Å²) in [5.41, 5.74) is 0.961. The summed E-state index contributed by atoms with van der Waals surface area (Å²) >= 11 is 2.96.